The molecule has 0 unspecified atom stereocenters. The fourth-order valence-corrected chi connectivity index (χ4v) is 0.997. The Bertz CT molecular complexity index is 379. The molecule has 0 aromatic carbocycles. The summed E-state index contributed by atoms with van der Waals surface area (Å²) in [6, 6.07) is 2.87. The third-order valence-electron chi connectivity index (χ3n) is 1.80. The zero-order chi connectivity index (χ0) is 10.0. The average molecular weight is 179 g/mol. The van der Waals surface area contributed by atoms with Gasteiger partial charge in [-0.25, -0.2) is 0 Å². The monoisotopic (exact) mass is 179 g/mol. The second-order valence-corrected chi connectivity index (χ2v) is 3.22. The van der Waals surface area contributed by atoms with Crippen LogP contribution in [0.3, 0.4) is 0 Å². The van der Waals surface area contributed by atoms with Gasteiger partial charge in [-0.1, -0.05) is 13.8 Å². The van der Waals surface area contributed by atoms with Crippen molar-refractivity contribution in [2.24, 2.45) is 5.92 Å². The molecular formula is C9H13N3O. The lowest BCUT2D eigenvalue weighted by atomic mass is 10.0. The van der Waals surface area contributed by atoms with Crippen LogP contribution in [0.25, 0.3) is 0 Å². The summed E-state index contributed by atoms with van der Waals surface area (Å²) in [5.41, 5.74) is 6.62. The van der Waals surface area contributed by atoms with Crippen molar-refractivity contribution in [2.75, 3.05) is 5.73 Å². The van der Waals surface area contributed by atoms with Crippen LogP contribution >= 0.6 is 0 Å². The van der Waals surface area contributed by atoms with Gasteiger partial charge in [-0.3, -0.25) is 4.79 Å². The molecule has 0 aliphatic rings. The standard InChI is InChI=1S/C9H13N3O/c1-5(2)8(11)9-6(10)3-4-7(13)12-9/h3-5,11H,10H2,1-2H3,(H,12,13). The molecule has 0 aliphatic heterocycles. The molecule has 0 fully saturated rings. The van der Waals surface area contributed by atoms with Crippen molar-refractivity contribution in [3.05, 3.63) is 28.2 Å². The molecule has 1 heterocycles. The zero-order valence-electron chi connectivity index (χ0n) is 7.72. The van der Waals surface area contributed by atoms with E-state index in [1.807, 2.05) is 13.8 Å². The first-order chi connectivity index (χ1) is 6.02. The van der Waals surface area contributed by atoms with Crippen molar-refractivity contribution in [3.63, 3.8) is 0 Å². The van der Waals surface area contributed by atoms with E-state index >= 15 is 0 Å². The molecule has 0 atom stereocenters. The maximum absolute atomic E-state index is 11.0. The van der Waals surface area contributed by atoms with Gasteiger partial charge in [0, 0.05) is 6.07 Å². The summed E-state index contributed by atoms with van der Waals surface area (Å²) in [6.45, 7) is 3.76. The number of nitrogens with two attached hydrogens (primary N) is 1. The summed E-state index contributed by atoms with van der Waals surface area (Å²) >= 11 is 0. The summed E-state index contributed by atoms with van der Waals surface area (Å²) in [4.78, 5) is 13.5. The number of hydrogen-bond donors (Lipinski definition) is 3. The van der Waals surface area contributed by atoms with E-state index in [2.05, 4.69) is 4.98 Å². The Labute approximate surface area is 76.3 Å². The Kier molecular flexibility index (Phi) is 2.51. The Morgan fingerprint density at radius 3 is 2.69 bits per heavy atom. The SMILES string of the molecule is CC(C)C(=N)c1[nH]c(=O)ccc1N. The van der Waals surface area contributed by atoms with Crippen molar-refractivity contribution in [2.45, 2.75) is 13.8 Å². The second kappa shape index (κ2) is 3.43. The first-order valence-electron chi connectivity index (χ1n) is 4.10. The quantitative estimate of drug-likeness (QED) is 0.591. The highest BCUT2D eigenvalue weighted by atomic mass is 16.1. The number of aromatic nitrogens is 1. The van der Waals surface area contributed by atoms with Gasteiger partial charge in [0.2, 0.25) is 5.56 Å². The molecule has 4 nitrogen and oxygen atoms in total. The van der Waals surface area contributed by atoms with Crippen LogP contribution in [0.2, 0.25) is 0 Å². The van der Waals surface area contributed by atoms with Gasteiger partial charge in [-0.2, -0.15) is 0 Å². The fraction of sp³-hybridized carbons (Fsp3) is 0.333. The average Bonchev–Trinajstić information content (AvgIpc) is 2.08. The molecule has 0 saturated heterocycles. The summed E-state index contributed by atoms with van der Waals surface area (Å²) < 4.78 is 0. The highest BCUT2D eigenvalue weighted by Crippen LogP contribution is 2.10. The van der Waals surface area contributed by atoms with E-state index in [0.717, 1.165) is 0 Å². The van der Waals surface area contributed by atoms with E-state index < -0.39 is 0 Å². The number of hydrogen-bond acceptors (Lipinski definition) is 3. The van der Waals surface area contributed by atoms with Crippen LogP contribution in [0.1, 0.15) is 19.5 Å². The van der Waals surface area contributed by atoms with Crippen molar-refractivity contribution in [3.8, 4) is 0 Å². The van der Waals surface area contributed by atoms with Crippen LogP contribution in [-0.4, -0.2) is 10.7 Å². The largest absolute Gasteiger partial charge is 0.397 e. The molecule has 1 aromatic rings. The van der Waals surface area contributed by atoms with E-state index in [9.17, 15) is 4.79 Å². The Morgan fingerprint density at radius 1 is 1.54 bits per heavy atom. The summed E-state index contributed by atoms with van der Waals surface area (Å²) in [5, 5.41) is 7.67. The van der Waals surface area contributed by atoms with E-state index in [1.54, 1.807) is 0 Å². The first kappa shape index (κ1) is 9.51. The van der Waals surface area contributed by atoms with Gasteiger partial charge in [0.1, 0.15) is 0 Å². The number of aromatic amines is 1. The van der Waals surface area contributed by atoms with Crippen LogP contribution in [-0.2, 0) is 0 Å². The predicted molar refractivity (Wildman–Crippen MR) is 53.1 cm³/mol. The molecule has 0 saturated carbocycles. The van der Waals surface area contributed by atoms with E-state index in [1.165, 1.54) is 12.1 Å². The molecule has 0 amide bonds. The minimum atomic E-state index is -0.227. The van der Waals surface area contributed by atoms with E-state index in [4.69, 9.17) is 11.1 Å². The normalized spacial score (nSPS) is 10.4. The molecule has 4 heteroatoms. The summed E-state index contributed by atoms with van der Waals surface area (Å²) in [6.07, 6.45) is 0. The summed E-state index contributed by atoms with van der Waals surface area (Å²) in [7, 11) is 0. The number of nitrogens with one attached hydrogen (secondary N) is 2. The fourth-order valence-electron chi connectivity index (χ4n) is 0.997. The molecule has 13 heavy (non-hydrogen) atoms. The van der Waals surface area contributed by atoms with Gasteiger partial charge in [0.15, 0.2) is 0 Å². The van der Waals surface area contributed by atoms with Gasteiger partial charge < -0.3 is 16.1 Å². The maximum atomic E-state index is 11.0. The molecule has 0 bridgehead atoms. The molecule has 1 rings (SSSR count). The van der Waals surface area contributed by atoms with Crippen molar-refractivity contribution < 1.29 is 0 Å². The molecule has 0 aliphatic carbocycles. The Balaban J connectivity index is 3.21. The molecule has 0 radical (unpaired) electrons. The van der Waals surface area contributed by atoms with Crippen molar-refractivity contribution in [1.29, 1.82) is 5.41 Å². The lowest BCUT2D eigenvalue weighted by molar-refractivity contribution is 0.871. The number of anilines is 1. The molecular weight excluding hydrogens is 166 g/mol. The zero-order valence-corrected chi connectivity index (χ0v) is 7.72. The highest BCUT2D eigenvalue weighted by Gasteiger charge is 2.09. The van der Waals surface area contributed by atoms with Crippen LogP contribution in [0, 0.1) is 11.3 Å². The first-order valence-corrected chi connectivity index (χ1v) is 4.10. The van der Waals surface area contributed by atoms with Crippen LogP contribution < -0.4 is 11.3 Å². The third kappa shape index (κ3) is 1.96. The van der Waals surface area contributed by atoms with E-state index in [-0.39, 0.29) is 11.5 Å². The van der Waals surface area contributed by atoms with Crippen LogP contribution in [0.4, 0.5) is 5.69 Å². The van der Waals surface area contributed by atoms with Crippen LogP contribution in [0.15, 0.2) is 16.9 Å². The second-order valence-electron chi connectivity index (χ2n) is 3.22. The molecule has 4 N–H and O–H groups in total. The number of H-pyrrole nitrogens is 1. The molecule has 1 aromatic heterocycles. The van der Waals surface area contributed by atoms with Crippen molar-refractivity contribution in [1.82, 2.24) is 4.98 Å². The maximum Gasteiger partial charge on any atom is 0.248 e. The highest BCUT2D eigenvalue weighted by molar-refractivity contribution is 6.01. The van der Waals surface area contributed by atoms with Gasteiger partial charge in [0.05, 0.1) is 17.1 Å². The lowest BCUT2D eigenvalue weighted by Gasteiger charge is -2.09. The lowest BCUT2D eigenvalue weighted by Crippen LogP contribution is -2.18. The minimum absolute atomic E-state index is 0.0559. The van der Waals surface area contributed by atoms with Gasteiger partial charge in [-0.15, -0.1) is 0 Å². The van der Waals surface area contributed by atoms with Gasteiger partial charge >= 0.3 is 0 Å². The van der Waals surface area contributed by atoms with Gasteiger partial charge in [-0.05, 0) is 12.0 Å². The third-order valence-corrected chi connectivity index (χ3v) is 1.80. The van der Waals surface area contributed by atoms with E-state index in [0.29, 0.717) is 17.1 Å². The molecule has 70 valence electrons. The van der Waals surface area contributed by atoms with Gasteiger partial charge in [0.25, 0.3) is 0 Å². The summed E-state index contributed by atoms with van der Waals surface area (Å²) in [5.74, 6) is 0.0559. The topological polar surface area (TPSA) is 82.7 Å². The van der Waals surface area contributed by atoms with Crippen molar-refractivity contribution >= 4 is 11.4 Å². The Hall–Kier alpha value is -1.58. The number of rotatable bonds is 2. The smallest absolute Gasteiger partial charge is 0.248 e. The van der Waals surface area contributed by atoms with Crippen LogP contribution in [0.5, 0.6) is 0 Å². The Morgan fingerprint density at radius 2 is 2.15 bits per heavy atom. The number of pyridine rings is 1. The minimum Gasteiger partial charge on any atom is -0.397 e. The predicted octanol–water partition coefficient (Wildman–Crippen LogP) is 0.981. The number of nitrogen functional groups attached to an aromatic ring is 1. The molecule has 0 spiro atoms.